The molecular formula is C72H85BClF3I4N12O12V. The molecule has 11 rings (SSSR count). The third-order valence-corrected chi connectivity index (χ3v) is 15.5. The van der Waals surface area contributed by atoms with E-state index in [1.165, 1.54) is 93.3 Å². The molecule has 3 aliphatic heterocycles. The van der Waals surface area contributed by atoms with E-state index in [-0.39, 0.29) is 89.9 Å². The topological polar surface area (TPSA) is 293 Å². The number of carbonyl (C=O) groups is 5. The molecule has 0 saturated carbocycles. The van der Waals surface area contributed by atoms with Gasteiger partial charge < -0.3 is 64.4 Å². The van der Waals surface area contributed by atoms with E-state index in [1.807, 2.05) is 74.5 Å². The summed E-state index contributed by atoms with van der Waals surface area (Å²) in [4.78, 5) is 89.1. The van der Waals surface area contributed by atoms with Gasteiger partial charge >= 0.3 is 84.7 Å². The Morgan fingerprint density at radius 2 is 0.887 bits per heavy atom. The quantitative estimate of drug-likeness (QED) is 0.0245. The minimum atomic E-state index is -0.451. The molecule has 0 spiro atoms. The number of nitrogens with one attached hydrogen (secondary N) is 4. The van der Waals surface area contributed by atoms with Crippen LogP contribution in [0.1, 0.15) is 77.8 Å². The van der Waals surface area contributed by atoms with Gasteiger partial charge in [0.05, 0.1) is 32.7 Å². The standard InChI is InChI=1S/C25H25FN4O4.C18H19ClN4O3.C17H19FN4O2.C7H7BFO3.C2H5I.C2H6.CH4.3HI.V/c1-33-22-8-7-19(26)13-20(22)21-14-23(28-16-27-21)29-24(31)18-9-11-30(12-10-18)25(32)34-15-17-5-3-2-4-6-17;19-15-10-16(21-12-20-15)22-17(24)14-6-8-23(9-7-14)18(25)26-11-13-4-2-1-3-5-13;1-24-15-3-2-12(18)8-13(15)14-9-16(21-10-20-14)22-17(23)11-4-6-19-7-5-11;1-11-6-3-2-5(9)4-7(6)12-8-10;1-2-3;1-2;;;;;/h2-8,13-14,16,18H,9-12,15H2,1H3,(H,27,28,29,31);1-5,10,12,14H,6-9,11H2,(H,20,21,22,24);2-3,8-11,19H,4-7H2,1H3,(H,20,21,22,23);2-4,10H,1H3;2H2,1H3;1-2H3;1H4;3*1H;/q;;;;;;;;;;+3/p-3. The van der Waals surface area contributed by atoms with Crippen molar-refractivity contribution in [3.63, 3.8) is 0 Å². The van der Waals surface area contributed by atoms with Crippen LogP contribution in [0.5, 0.6) is 23.0 Å². The van der Waals surface area contributed by atoms with E-state index >= 15 is 0 Å². The molecule has 3 saturated heterocycles. The van der Waals surface area contributed by atoms with Crippen molar-refractivity contribution in [1.82, 2.24) is 45.0 Å². The summed E-state index contributed by atoms with van der Waals surface area (Å²) in [6, 6.07) is 35.8. The average Bonchev–Trinajstić information content (AvgIpc) is 0.818. The van der Waals surface area contributed by atoms with Gasteiger partial charge in [-0.25, -0.2) is 52.7 Å². The third kappa shape index (κ3) is 32.9. The van der Waals surface area contributed by atoms with Crippen LogP contribution in [0.25, 0.3) is 22.5 Å². The first kappa shape index (κ1) is 91.4. The van der Waals surface area contributed by atoms with E-state index in [4.69, 9.17) is 40.3 Å². The number of benzene rings is 5. The Kier molecular flexibility index (Phi) is 44.3. The summed E-state index contributed by atoms with van der Waals surface area (Å²) in [6.45, 7) is 10.1. The molecular weight excluding hydrogens is 1890 g/mol. The summed E-state index contributed by atoms with van der Waals surface area (Å²) >= 11 is 15.5. The number of nitrogens with zero attached hydrogens (tertiary/aromatic N) is 8. The summed E-state index contributed by atoms with van der Waals surface area (Å²) in [5.41, 5.74) is 3.75. The number of carbonyl (C=O) groups excluding carboxylic acids is 5. The first-order chi connectivity index (χ1) is 50.7. The molecule has 0 aliphatic carbocycles. The number of hydrogen-bond donors (Lipinski definition) is 5. The second-order valence-corrected chi connectivity index (χ2v) is 59.3. The van der Waals surface area contributed by atoms with Crippen molar-refractivity contribution in [2.24, 2.45) is 17.8 Å². The number of methoxy groups -OCH3 is 3. The van der Waals surface area contributed by atoms with Crippen LogP contribution in [-0.2, 0) is 42.0 Å². The molecule has 24 nitrogen and oxygen atoms in total. The third-order valence-electron chi connectivity index (χ3n) is 15.3. The summed E-state index contributed by atoms with van der Waals surface area (Å²) in [6.07, 6.45) is 7.01. The fourth-order valence-corrected chi connectivity index (χ4v) is 10.3. The average molecular weight is 1970 g/mol. The molecule has 106 heavy (non-hydrogen) atoms. The molecule has 3 aliphatic rings. The van der Waals surface area contributed by atoms with Crippen molar-refractivity contribution in [3.05, 3.63) is 186 Å². The van der Waals surface area contributed by atoms with E-state index in [1.54, 1.807) is 28.0 Å². The van der Waals surface area contributed by atoms with E-state index < -0.39 is 11.6 Å². The van der Waals surface area contributed by atoms with Gasteiger partial charge in [0.1, 0.15) is 89.5 Å². The normalized spacial score (nSPS) is 13.1. The van der Waals surface area contributed by atoms with Gasteiger partial charge in [0.25, 0.3) is 0 Å². The van der Waals surface area contributed by atoms with Crippen molar-refractivity contribution in [1.29, 1.82) is 0 Å². The zero-order chi connectivity index (χ0) is 76.5. The van der Waals surface area contributed by atoms with Crippen molar-refractivity contribution in [2.45, 2.75) is 79.9 Å². The van der Waals surface area contributed by atoms with Crippen LogP contribution in [0, 0.1) is 35.2 Å². The first-order valence-corrected chi connectivity index (χ1v) is 48.3. The van der Waals surface area contributed by atoms with Crippen LogP contribution < -0.4 is 40.1 Å². The Morgan fingerprint density at radius 1 is 0.538 bits per heavy atom. The van der Waals surface area contributed by atoms with E-state index in [9.17, 15) is 37.1 Å². The van der Waals surface area contributed by atoms with Gasteiger partial charge in [0, 0.05) is 79.3 Å². The molecule has 5 aromatic carbocycles. The molecule has 6 heterocycles. The van der Waals surface area contributed by atoms with Crippen molar-refractivity contribution in [3.8, 4) is 45.5 Å². The monoisotopic (exact) mass is 1970 g/mol. The zero-order valence-corrected chi connectivity index (χ0v) is 69.1. The van der Waals surface area contributed by atoms with Gasteiger partial charge in [-0.1, -0.05) is 123 Å². The van der Waals surface area contributed by atoms with Crippen LogP contribution in [0.15, 0.2) is 152 Å². The maximum atomic E-state index is 13.7. The van der Waals surface area contributed by atoms with Crippen LogP contribution in [0.4, 0.5) is 40.2 Å². The fraction of sp³-hybridized carbons (Fsp3) is 0.347. The number of piperidine rings is 3. The van der Waals surface area contributed by atoms with Crippen molar-refractivity contribution >= 4 is 149 Å². The number of anilines is 3. The Balaban J connectivity index is 0.000000298. The number of hydrogen-bond acceptors (Lipinski definition) is 19. The van der Waals surface area contributed by atoms with Gasteiger partial charge in [-0.05, 0) is 116 Å². The van der Waals surface area contributed by atoms with E-state index in [2.05, 4.69) is 145 Å². The number of halogens is 8. The van der Waals surface area contributed by atoms with Gasteiger partial charge in [0.15, 0.2) is 5.75 Å². The minimum absolute atomic E-state index is 0. The molecule has 0 atom stereocenters. The Morgan fingerprint density at radius 3 is 1.25 bits per heavy atom. The van der Waals surface area contributed by atoms with Gasteiger partial charge in [0.2, 0.25) is 17.7 Å². The molecule has 0 unspecified atom stereocenters. The van der Waals surface area contributed by atoms with Crippen molar-refractivity contribution < 1.29 is 75.4 Å². The number of likely N-dealkylation sites (tertiary alicyclic amines) is 2. The Bertz CT molecular complexity index is 3970. The van der Waals surface area contributed by atoms with Crippen LogP contribution in [0.3, 0.4) is 0 Å². The van der Waals surface area contributed by atoms with Crippen LogP contribution >= 0.6 is 94.1 Å². The molecule has 5 amide bonds. The number of rotatable bonds is 17. The molecule has 3 fully saturated rings. The molecule has 1 radical (unpaired) electrons. The molecule has 3 aromatic heterocycles. The molecule has 0 bridgehead atoms. The fourth-order valence-electron chi connectivity index (χ4n) is 10.1. The Labute approximate surface area is 673 Å². The second kappa shape index (κ2) is 51.4. The number of alkyl halides is 1. The molecule has 8 aromatic rings. The SMILES string of the molecule is C.CC.CCI.COc1ccc(F)cc1-c1cc(NC(=O)C2CCN(C(=O)OCc3ccccc3)CC2)ncn1.COc1ccc(F)cc1-c1cc(NC(=O)C2CCNCC2)ncn1.COc1ccc(F)cc1O[B]O.O=C(Nc1cc(Cl)ncn1)C1CCN(C(=O)OCc2ccccc2)CC1.[I][V]([I])[I]. The summed E-state index contributed by atoms with van der Waals surface area (Å²) in [7, 11) is 4.90. The zero-order valence-electron chi connectivity index (χ0n) is 58.3. The van der Waals surface area contributed by atoms with Crippen molar-refractivity contribution in [2.75, 3.05) is 81.0 Å². The predicted molar refractivity (Wildman–Crippen MR) is 435 cm³/mol. The maximum absolute atomic E-state index is 13.7. The number of ether oxygens (including phenoxy) is 5. The number of aromatic nitrogens is 6. The van der Waals surface area contributed by atoms with Crippen LogP contribution in [-0.4, -0.2) is 147 Å². The molecule has 5 N–H and O–H groups in total. The first-order valence-electron chi connectivity index (χ1n) is 32.9. The summed E-state index contributed by atoms with van der Waals surface area (Å²) in [5.74, 6) is 0.469. The van der Waals surface area contributed by atoms with Crippen LogP contribution in [0.2, 0.25) is 5.15 Å². The Hall–Kier alpha value is -6.94. The summed E-state index contributed by atoms with van der Waals surface area (Å²) in [5, 5.41) is 20.2. The summed E-state index contributed by atoms with van der Waals surface area (Å²) < 4.78 is 71.7. The van der Waals surface area contributed by atoms with Gasteiger partial charge in [-0.2, -0.15) is 0 Å². The van der Waals surface area contributed by atoms with E-state index in [0.717, 1.165) is 43.1 Å². The molecule has 569 valence electrons. The molecule has 34 heteroatoms. The van der Waals surface area contributed by atoms with Gasteiger partial charge in [-0.3, -0.25) is 14.4 Å². The second-order valence-electron chi connectivity index (χ2n) is 22.1. The van der Waals surface area contributed by atoms with E-state index in [0.29, 0.717) is 117 Å². The van der Waals surface area contributed by atoms with Gasteiger partial charge in [-0.15, -0.1) is 0 Å². The predicted octanol–water partition coefficient (Wildman–Crippen LogP) is 16.1. The number of amides is 5.